The van der Waals surface area contributed by atoms with Crippen LogP contribution in [0.15, 0.2) is 18.2 Å². The average molecular weight is 306 g/mol. The first kappa shape index (κ1) is 15.8. The maximum absolute atomic E-state index is 11.6. The Kier molecular flexibility index (Phi) is 5.20. The summed E-state index contributed by atoms with van der Waals surface area (Å²) in [6.07, 6.45) is 0. The normalized spacial score (nSPS) is 11.6. The van der Waals surface area contributed by atoms with Crippen molar-refractivity contribution in [1.82, 2.24) is 0 Å². The highest BCUT2D eigenvalue weighted by atomic mass is 35.5. The van der Waals surface area contributed by atoms with Gasteiger partial charge in [0.05, 0.1) is 27.3 Å². The largest absolute Gasteiger partial charge is 0.461 e. The number of rotatable bonds is 5. The lowest BCUT2D eigenvalue weighted by atomic mass is 10.2. The summed E-state index contributed by atoms with van der Waals surface area (Å²) in [6, 6.07) is 4.35. The molecule has 0 radical (unpaired) electrons. The van der Waals surface area contributed by atoms with Crippen LogP contribution in [0.3, 0.4) is 0 Å². The van der Waals surface area contributed by atoms with Gasteiger partial charge in [-0.15, -0.1) is 0 Å². The molecule has 7 heteroatoms. The van der Waals surface area contributed by atoms with Crippen molar-refractivity contribution in [2.24, 2.45) is 0 Å². The first-order valence-corrected chi connectivity index (χ1v) is 7.77. The summed E-state index contributed by atoms with van der Waals surface area (Å²) in [5, 5.41) is -0.142. The number of sulfone groups is 1. The van der Waals surface area contributed by atoms with E-state index in [0.29, 0.717) is 5.02 Å². The quantitative estimate of drug-likeness (QED) is 0.663. The van der Waals surface area contributed by atoms with Gasteiger partial charge in [0.2, 0.25) is 0 Å². The van der Waals surface area contributed by atoms with Gasteiger partial charge in [0, 0.05) is 0 Å². The van der Waals surface area contributed by atoms with Gasteiger partial charge in [0.25, 0.3) is 0 Å². The second-order valence-electron chi connectivity index (χ2n) is 4.29. The number of carbonyl (C=O) groups is 1. The Morgan fingerprint density at radius 2 is 2.05 bits per heavy atom. The maximum Gasteiger partial charge on any atom is 0.338 e. The van der Waals surface area contributed by atoms with Crippen LogP contribution in [0.1, 0.15) is 24.2 Å². The van der Waals surface area contributed by atoms with Gasteiger partial charge in [-0.1, -0.05) is 11.6 Å². The van der Waals surface area contributed by atoms with E-state index in [1.807, 2.05) is 0 Å². The van der Waals surface area contributed by atoms with Gasteiger partial charge in [0.1, 0.15) is 6.61 Å². The Balaban J connectivity index is 2.59. The fraction of sp³-hybridized carbons (Fsp3) is 0.417. The minimum atomic E-state index is -3.21. The van der Waals surface area contributed by atoms with E-state index < -0.39 is 21.1 Å². The zero-order valence-corrected chi connectivity index (χ0v) is 12.3. The van der Waals surface area contributed by atoms with Crippen LogP contribution in [-0.4, -0.2) is 32.0 Å². The third-order valence-corrected chi connectivity index (χ3v) is 5.07. The number of carbonyl (C=O) groups excluding carboxylic acids is 1. The van der Waals surface area contributed by atoms with E-state index in [1.54, 1.807) is 13.8 Å². The molecule has 1 aromatic rings. The predicted octanol–water partition coefficient (Wildman–Crippen LogP) is 1.90. The molecule has 0 saturated heterocycles. The van der Waals surface area contributed by atoms with E-state index in [2.05, 4.69) is 0 Å². The lowest BCUT2D eigenvalue weighted by Crippen LogP contribution is -2.22. The number of anilines is 1. The van der Waals surface area contributed by atoms with E-state index in [9.17, 15) is 13.2 Å². The highest BCUT2D eigenvalue weighted by Crippen LogP contribution is 2.19. The van der Waals surface area contributed by atoms with Gasteiger partial charge in [0.15, 0.2) is 9.84 Å². The van der Waals surface area contributed by atoms with Crippen LogP contribution in [0.25, 0.3) is 0 Å². The summed E-state index contributed by atoms with van der Waals surface area (Å²) in [5.41, 5.74) is 6.07. The molecule has 0 aliphatic rings. The van der Waals surface area contributed by atoms with Crippen molar-refractivity contribution in [3.8, 4) is 0 Å². The van der Waals surface area contributed by atoms with Crippen molar-refractivity contribution in [2.45, 2.75) is 19.1 Å². The van der Waals surface area contributed by atoms with Crippen LogP contribution < -0.4 is 5.73 Å². The number of hydrogen-bond donors (Lipinski definition) is 1. The molecule has 0 atom stereocenters. The molecule has 0 saturated carbocycles. The van der Waals surface area contributed by atoms with Crippen molar-refractivity contribution < 1.29 is 17.9 Å². The zero-order chi connectivity index (χ0) is 14.6. The Morgan fingerprint density at radius 1 is 1.42 bits per heavy atom. The molecular formula is C12H16ClNO4S. The van der Waals surface area contributed by atoms with Gasteiger partial charge in [-0.2, -0.15) is 0 Å². The second-order valence-corrected chi connectivity index (χ2v) is 7.37. The first-order chi connectivity index (χ1) is 8.74. The van der Waals surface area contributed by atoms with E-state index in [0.717, 1.165) is 0 Å². The molecule has 0 amide bonds. The van der Waals surface area contributed by atoms with E-state index in [1.165, 1.54) is 18.2 Å². The molecule has 0 aliphatic heterocycles. The highest BCUT2D eigenvalue weighted by Gasteiger charge is 2.17. The van der Waals surface area contributed by atoms with Crippen molar-refractivity contribution in [2.75, 3.05) is 18.1 Å². The molecule has 19 heavy (non-hydrogen) atoms. The smallest absolute Gasteiger partial charge is 0.338 e. The van der Waals surface area contributed by atoms with Crippen molar-refractivity contribution in [1.29, 1.82) is 0 Å². The third-order valence-electron chi connectivity index (χ3n) is 2.55. The minimum Gasteiger partial charge on any atom is -0.461 e. The number of ether oxygens (including phenoxy) is 1. The van der Waals surface area contributed by atoms with E-state index >= 15 is 0 Å². The third kappa shape index (κ3) is 4.40. The lowest BCUT2D eigenvalue weighted by Gasteiger charge is -2.09. The molecular weight excluding hydrogens is 290 g/mol. The number of benzene rings is 1. The van der Waals surface area contributed by atoms with Crippen LogP contribution in [-0.2, 0) is 14.6 Å². The van der Waals surface area contributed by atoms with Gasteiger partial charge in [-0.25, -0.2) is 13.2 Å². The van der Waals surface area contributed by atoms with Crippen LogP contribution in [0.4, 0.5) is 5.69 Å². The Hall–Kier alpha value is -1.27. The van der Waals surface area contributed by atoms with Crippen molar-refractivity contribution in [3.63, 3.8) is 0 Å². The summed E-state index contributed by atoms with van der Waals surface area (Å²) in [7, 11) is -3.21. The van der Waals surface area contributed by atoms with Crippen LogP contribution in [0.5, 0.6) is 0 Å². The highest BCUT2D eigenvalue weighted by molar-refractivity contribution is 7.91. The molecule has 1 rings (SSSR count). The summed E-state index contributed by atoms with van der Waals surface area (Å²) >= 11 is 5.73. The number of nitrogen functional groups attached to an aromatic ring is 1. The fourth-order valence-corrected chi connectivity index (χ4v) is 2.14. The van der Waals surface area contributed by atoms with Crippen LogP contribution in [0, 0.1) is 0 Å². The number of nitrogens with two attached hydrogens (primary N) is 1. The minimum absolute atomic E-state index is 0.179. The molecule has 0 bridgehead atoms. The lowest BCUT2D eigenvalue weighted by molar-refractivity contribution is 0.0529. The summed E-state index contributed by atoms with van der Waals surface area (Å²) in [5.74, 6) is -0.818. The Bertz CT molecular complexity index is 569. The number of hydrogen-bond acceptors (Lipinski definition) is 5. The molecule has 0 spiro atoms. The zero-order valence-electron chi connectivity index (χ0n) is 10.7. The van der Waals surface area contributed by atoms with Crippen LogP contribution in [0.2, 0.25) is 5.02 Å². The monoisotopic (exact) mass is 305 g/mol. The molecule has 5 nitrogen and oxygen atoms in total. The molecule has 0 aliphatic carbocycles. The van der Waals surface area contributed by atoms with Crippen molar-refractivity contribution >= 4 is 33.1 Å². The summed E-state index contributed by atoms with van der Waals surface area (Å²) < 4.78 is 27.9. The topological polar surface area (TPSA) is 86.5 Å². The molecule has 2 N–H and O–H groups in total. The number of esters is 1. The Morgan fingerprint density at radius 3 is 2.58 bits per heavy atom. The van der Waals surface area contributed by atoms with Gasteiger partial charge >= 0.3 is 5.97 Å². The molecule has 1 aromatic carbocycles. The van der Waals surface area contributed by atoms with E-state index in [4.69, 9.17) is 22.1 Å². The summed E-state index contributed by atoms with van der Waals surface area (Å²) in [6.45, 7) is 2.98. The molecule has 0 heterocycles. The molecule has 0 aromatic heterocycles. The van der Waals surface area contributed by atoms with Crippen molar-refractivity contribution in [3.05, 3.63) is 28.8 Å². The van der Waals surface area contributed by atoms with Gasteiger partial charge in [-0.3, -0.25) is 0 Å². The van der Waals surface area contributed by atoms with E-state index in [-0.39, 0.29) is 23.6 Å². The standard InChI is InChI=1S/C12H16ClNO4S/c1-8(2)19(16,17)6-5-18-12(15)9-3-4-10(13)11(14)7-9/h3-4,7-8H,5-6,14H2,1-2H3. The summed E-state index contributed by atoms with van der Waals surface area (Å²) in [4.78, 5) is 11.6. The number of halogens is 1. The first-order valence-electron chi connectivity index (χ1n) is 5.68. The molecule has 106 valence electrons. The molecule has 0 unspecified atom stereocenters. The average Bonchev–Trinajstić information content (AvgIpc) is 2.32. The SMILES string of the molecule is CC(C)S(=O)(=O)CCOC(=O)c1ccc(Cl)c(N)c1. The second kappa shape index (κ2) is 6.25. The predicted molar refractivity (Wildman–Crippen MR) is 75.1 cm³/mol. The Labute approximate surface area is 117 Å². The molecule has 0 fully saturated rings. The maximum atomic E-state index is 11.6. The van der Waals surface area contributed by atoms with Crippen LogP contribution >= 0.6 is 11.6 Å². The van der Waals surface area contributed by atoms with Gasteiger partial charge in [-0.05, 0) is 32.0 Å². The fourth-order valence-electron chi connectivity index (χ4n) is 1.24. The van der Waals surface area contributed by atoms with Gasteiger partial charge < -0.3 is 10.5 Å².